The van der Waals surface area contributed by atoms with Gasteiger partial charge in [-0.2, -0.15) is 0 Å². The highest BCUT2D eigenvalue weighted by Gasteiger charge is 2.44. The van der Waals surface area contributed by atoms with E-state index in [1.54, 1.807) is 14.2 Å². The van der Waals surface area contributed by atoms with Crippen LogP contribution in [0.15, 0.2) is 0 Å². The van der Waals surface area contributed by atoms with Crippen molar-refractivity contribution >= 4 is 18.3 Å². The van der Waals surface area contributed by atoms with Crippen LogP contribution >= 0.6 is 0 Å². The highest BCUT2D eigenvalue weighted by molar-refractivity contribution is 6.67. The second-order valence-corrected chi connectivity index (χ2v) is 7.78. The third-order valence-electron chi connectivity index (χ3n) is 1.99. The lowest BCUT2D eigenvalue weighted by atomic mass is 10.5. The zero-order chi connectivity index (χ0) is 13.1. The quantitative estimate of drug-likeness (QED) is 0.561. The summed E-state index contributed by atoms with van der Waals surface area (Å²) in [6.07, 6.45) is 0.800. The lowest BCUT2D eigenvalue weighted by molar-refractivity contribution is 0.0814. The van der Waals surface area contributed by atoms with Crippen LogP contribution in [0.5, 0.6) is 0 Å². The topological polar surface area (TPSA) is 72.2 Å². The van der Waals surface area contributed by atoms with Crippen LogP contribution in [0.1, 0.15) is 20.3 Å². The number of rotatable bonds is 11. The van der Waals surface area contributed by atoms with Gasteiger partial charge in [-0.3, -0.25) is 0 Å². The first-order valence-electron chi connectivity index (χ1n) is 5.79. The van der Waals surface area contributed by atoms with Crippen LogP contribution in [0.2, 0.25) is 6.04 Å². The third kappa shape index (κ3) is 6.62. The molecule has 0 aliphatic heterocycles. The summed E-state index contributed by atoms with van der Waals surface area (Å²) < 4.78 is 27.5. The van der Waals surface area contributed by atoms with Gasteiger partial charge in [-0.05, 0) is 26.8 Å². The first-order chi connectivity index (χ1) is 8.17. The van der Waals surface area contributed by atoms with Gasteiger partial charge in [0.1, 0.15) is 0 Å². The Morgan fingerprint density at radius 3 is 1.94 bits per heavy atom. The Labute approximate surface area is 107 Å². The molecule has 0 aliphatic carbocycles. The smallest absolute Gasteiger partial charge is 0.375 e. The zero-order valence-electron chi connectivity index (χ0n) is 11.2. The molecule has 0 spiro atoms. The Kier molecular flexibility index (Phi) is 10.3. The molecule has 0 atom stereocenters. The van der Waals surface area contributed by atoms with Crippen molar-refractivity contribution in [3.05, 3.63) is 0 Å². The first-order valence-corrected chi connectivity index (χ1v) is 8.95. The molecule has 17 heavy (non-hydrogen) atoms. The zero-order valence-corrected chi connectivity index (χ0v) is 13.2. The van der Waals surface area contributed by atoms with Crippen LogP contribution in [-0.4, -0.2) is 52.3 Å². The molecule has 0 saturated carbocycles. The summed E-state index contributed by atoms with van der Waals surface area (Å²) in [6, 6.07) is 0.687. The van der Waals surface area contributed by atoms with Crippen LogP contribution < -0.4 is 5.73 Å². The number of nitrogens with two attached hydrogens (primary N) is 1. The number of hydrogen-bond donors (Lipinski definition) is 1. The van der Waals surface area contributed by atoms with Crippen molar-refractivity contribution in [3.8, 4) is 0 Å². The van der Waals surface area contributed by atoms with Crippen LogP contribution in [0.4, 0.5) is 0 Å². The van der Waals surface area contributed by atoms with E-state index in [1.807, 2.05) is 13.8 Å². The van der Waals surface area contributed by atoms with Crippen molar-refractivity contribution in [1.82, 2.24) is 0 Å². The molecule has 2 N–H and O–H groups in total. The molecular weight excluding hydrogens is 258 g/mol. The van der Waals surface area contributed by atoms with Gasteiger partial charge in [-0.25, -0.2) is 0 Å². The van der Waals surface area contributed by atoms with Gasteiger partial charge < -0.3 is 27.6 Å². The van der Waals surface area contributed by atoms with E-state index in [0.717, 1.165) is 6.42 Å². The molecule has 103 valence electrons. The molecule has 0 amide bonds. The predicted molar refractivity (Wildman–Crippen MR) is 68.3 cm³/mol. The van der Waals surface area contributed by atoms with Crippen molar-refractivity contribution in [1.29, 1.82) is 0 Å². The summed E-state index contributed by atoms with van der Waals surface area (Å²) in [7, 11) is -1.38. The Morgan fingerprint density at radius 2 is 1.59 bits per heavy atom. The summed E-state index contributed by atoms with van der Waals surface area (Å²) >= 11 is 0. The maximum Gasteiger partial charge on any atom is 0.569 e. The standard InChI is InChI=1S/C9H24NO5Si2/c1-5-13-17(14-6-2,9-7-8-10)15-16(11-3)12-4/h5-10H2,1-4H3. The Balaban J connectivity index is 4.60. The van der Waals surface area contributed by atoms with Gasteiger partial charge >= 0.3 is 18.3 Å². The van der Waals surface area contributed by atoms with Crippen LogP contribution in [-0.2, 0) is 21.8 Å². The van der Waals surface area contributed by atoms with Crippen LogP contribution in [0.3, 0.4) is 0 Å². The maximum atomic E-state index is 5.82. The van der Waals surface area contributed by atoms with E-state index in [0.29, 0.717) is 25.8 Å². The molecule has 6 nitrogen and oxygen atoms in total. The van der Waals surface area contributed by atoms with Gasteiger partial charge in [-0.15, -0.1) is 0 Å². The molecular formula is C9H24NO5Si2. The normalized spacial score (nSPS) is 12.4. The SMILES string of the molecule is CCO[Si](CCCN)(OCC)O[Si](OC)OC. The van der Waals surface area contributed by atoms with E-state index in [-0.39, 0.29) is 0 Å². The molecule has 0 aromatic rings. The minimum absolute atomic E-state index is 0.541. The lowest BCUT2D eigenvalue weighted by Crippen LogP contribution is -2.51. The van der Waals surface area contributed by atoms with Crippen molar-refractivity contribution in [2.75, 3.05) is 34.0 Å². The fourth-order valence-electron chi connectivity index (χ4n) is 1.35. The van der Waals surface area contributed by atoms with E-state index >= 15 is 0 Å². The first kappa shape index (κ1) is 17.2. The summed E-state index contributed by atoms with van der Waals surface area (Å²) in [5.41, 5.74) is 5.53. The largest absolute Gasteiger partial charge is 0.569 e. The van der Waals surface area contributed by atoms with Crippen molar-refractivity contribution in [2.45, 2.75) is 26.3 Å². The lowest BCUT2D eigenvalue weighted by Gasteiger charge is -2.30. The Morgan fingerprint density at radius 1 is 1.06 bits per heavy atom. The summed E-state index contributed by atoms with van der Waals surface area (Å²) in [6.45, 7) is 5.50. The fourth-order valence-corrected chi connectivity index (χ4v) is 5.97. The highest BCUT2D eigenvalue weighted by Crippen LogP contribution is 2.19. The van der Waals surface area contributed by atoms with Crippen molar-refractivity contribution < 1.29 is 21.8 Å². The fraction of sp³-hybridized carbons (Fsp3) is 1.00. The van der Waals surface area contributed by atoms with Gasteiger partial charge in [0.05, 0.1) is 0 Å². The summed E-state index contributed by atoms with van der Waals surface area (Å²) in [4.78, 5) is 0. The Bertz CT molecular complexity index is 177. The van der Waals surface area contributed by atoms with Crippen LogP contribution in [0.25, 0.3) is 0 Å². The molecule has 0 saturated heterocycles. The van der Waals surface area contributed by atoms with Gasteiger partial charge in [0.2, 0.25) is 0 Å². The summed E-state index contributed by atoms with van der Waals surface area (Å²) in [5, 5.41) is 0. The minimum atomic E-state index is -2.71. The average Bonchev–Trinajstić information content (AvgIpc) is 2.34. The summed E-state index contributed by atoms with van der Waals surface area (Å²) in [5.74, 6) is 0. The molecule has 0 unspecified atom stereocenters. The average molecular weight is 282 g/mol. The minimum Gasteiger partial charge on any atom is -0.375 e. The molecule has 0 bridgehead atoms. The van der Waals surface area contributed by atoms with E-state index in [1.165, 1.54) is 0 Å². The third-order valence-corrected chi connectivity index (χ3v) is 6.99. The molecule has 8 heteroatoms. The van der Waals surface area contributed by atoms with Gasteiger partial charge in [0, 0.05) is 33.5 Å². The van der Waals surface area contributed by atoms with Crippen LogP contribution in [0, 0.1) is 0 Å². The molecule has 0 rings (SSSR count). The molecule has 0 aromatic heterocycles. The Hall–Kier alpha value is 0.194. The van der Waals surface area contributed by atoms with Crippen molar-refractivity contribution in [2.24, 2.45) is 5.73 Å². The van der Waals surface area contributed by atoms with E-state index in [4.69, 9.17) is 27.6 Å². The van der Waals surface area contributed by atoms with E-state index in [2.05, 4.69) is 0 Å². The second kappa shape index (κ2) is 10.1. The highest BCUT2D eigenvalue weighted by atomic mass is 28.4. The van der Waals surface area contributed by atoms with Gasteiger partial charge in [-0.1, -0.05) is 0 Å². The second-order valence-electron chi connectivity index (χ2n) is 3.20. The molecule has 0 heterocycles. The van der Waals surface area contributed by atoms with Gasteiger partial charge in [0.15, 0.2) is 0 Å². The van der Waals surface area contributed by atoms with Crippen molar-refractivity contribution in [3.63, 3.8) is 0 Å². The predicted octanol–water partition coefficient (Wildman–Crippen LogP) is 0.641. The number of hydrogen-bond acceptors (Lipinski definition) is 6. The van der Waals surface area contributed by atoms with E-state index < -0.39 is 18.3 Å². The monoisotopic (exact) mass is 282 g/mol. The maximum absolute atomic E-state index is 5.82. The molecule has 1 radical (unpaired) electrons. The van der Waals surface area contributed by atoms with E-state index in [9.17, 15) is 0 Å². The molecule has 0 aliphatic rings. The molecule has 0 fully saturated rings. The van der Waals surface area contributed by atoms with Gasteiger partial charge in [0.25, 0.3) is 0 Å². The molecule has 0 aromatic carbocycles.